The predicted octanol–water partition coefficient (Wildman–Crippen LogP) is 3.45. The quantitative estimate of drug-likeness (QED) is 0.836. The van der Waals surface area contributed by atoms with Crippen molar-refractivity contribution in [1.82, 2.24) is 0 Å². The van der Waals surface area contributed by atoms with Gasteiger partial charge in [0.25, 0.3) is 0 Å². The topological polar surface area (TPSA) is 66.4 Å². The third-order valence-corrected chi connectivity index (χ3v) is 4.61. The van der Waals surface area contributed by atoms with Crippen LogP contribution in [0.15, 0.2) is 30.4 Å². The molecule has 3 rings (SSSR count). The number of allylic oxidation sites excluding steroid dienone is 2. The lowest BCUT2D eigenvalue weighted by atomic mass is 9.82. The Balaban J connectivity index is 1.82. The van der Waals surface area contributed by atoms with Crippen LogP contribution in [0.2, 0.25) is 10.0 Å². The summed E-state index contributed by atoms with van der Waals surface area (Å²) in [6.45, 7) is 0. The third kappa shape index (κ3) is 2.65. The maximum absolute atomic E-state index is 12.4. The van der Waals surface area contributed by atoms with E-state index in [1.807, 2.05) is 12.2 Å². The van der Waals surface area contributed by atoms with Crippen LogP contribution in [-0.4, -0.2) is 17.0 Å². The van der Waals surface area contributed by atoms with Crippen molar-refractivity contribution in [3.8, 4) is 0 Å². The minimum Gasteiger partial charge on any atom is -0.481 e. The molecule has 0 saturated heterocycles. The second kappa shape index (κ2) is 5.35. The Bertz CT molecular complexity index is 624. The Morgan fingerprint density at radius 3 is 2.19 bits per heavy atom. The molecule has 2 aliphatic carbocycles. The maximum Gasteiger partial charge on any atom is 0.307 e. The van der Waals surface area contributed by atoms with E-state index in [4.69, 9.17) is 23.2 Å². The Morgan fingerprint density at radius 1 is 1.05 bits per heavy atom. The van der Waals surface area contributed by atoms with Gasteiger partial charge in [-0.2, -0.15) is 0 Å². The zero-order valence-corrected chi connectivity index (χ0v) is 12.4. The van der Waals surface area contributed by atoms with Gasteiger partial charge < -0.3 is 10.4 Å². The summed E-state index contributed by atoms with van der Waals surface area (Å²) in [4.78, 5) is 23.9. The number of aliphatic carboxylic acids is 1. The number of halogens is 2. The number of benzene rings is 1. The Kier molecular flexibility index (Phi) is 3.68. The summed E-state index contributed by atoms with van der Waals surface area (Å²) in [5, 5.41) is 12.9. The molecule has 1 fully saturated rings. The molecule has 1 aromatic carbocycles. The van der Waals surface area contributed by atoms with E-state index in [9.17, 15) is 14.7 Å². The van der Waals surface area contributed by atoms with Gasteiger partial charge in [-0.15, -0.1) is 0 Å². The van der Waals surface area contributed by atoms with Crippen molar-refractivity contribution >= 4 is 40.8 Å². The monoisotopic (exact) mass is 325 g/mol. The molecule has 6 heteroatoms. The van der Waals surface area contributed by atoms with Gasteiger partial charge in [0, 0.05) is 15.7 Å². The van der Waals surface area contributed by atoms with Crippen molar-refractivity contribution < 1.29 is 14.7 Å². The molecule has 1 saturated carbocycles. The lowest BCUT2D eigenvalue weighted by Crippen LogP contribution is -2.36. The Morgan fingerprint density at radius 2 is 1.62 bits per heavy atom. The highest BCUT2D eigenvalue weighted by Gasteiger charge is 2.51. The smallest absolute Gasteiger partial charge is 0.307 e. The molecule has 0 aromatic heterocycles. The number of carbonyl (C=O) groups excluding carboxylic acids is 1. The SMILES string of the molecule is O=C(O)[C@H]1[C@H](C(=O)Nc2cc(Cl)cc(Cl)c2)[C@H]2C=C[C@H]1C2. The van der Waals surface area contributed by atoms with Gasteiger partial charge >= 0.3 is 5.97 Å². The summed E-state index contributed by atoms with van der Waals surface area (Å²) in [5.74, 6) is -2.48. The van der Waals surface area contributed by atoms with E-state index in [-0.39, 0.29) is 17.7 Å². The number of amides is 1. The van der Waals surface area contributed by atoms with E-state index < -0.39 is 17.8 Å². The number of carboxylic acid groups (broad SMARTS) is 1. The third-order valence-electron chi connectivity index (χ3n) is 4.18. The molecule has 0 radical (unpaired) electrons. The molecule has 0 spiro atoms. The molecule has 2 bridgehead atoms. The number of carbonyl (C=O) groups is 2. The summed E-state index contributed by atoms with van der Waals surface area (Å²) >= 11 is 11.8. The highest BCUT2D eigenvalue weighted by Crippen LogP contribution is 2.48. The zero-order valence-electron chi connectivity index (χ0n) is 10.9. The fraction of sp³-hybridized carbons (Fsp3) is 0.333. The van der Waals surface area contributed by atoms with Gasteiger partial charge in [0.15, 0.2) is 0 Å². The normalized spacial score (nSPS) is 29.6. The number of hydrogen-bond donors (Lipinski definition) is 2. The van der Waals surface area contributed by atoms with Crippen molar-refractivity contribution in [1.29, 1.82) is 0 Å². The van der Waals surface area contributed by atoms with Gasteiger partial charge in [-0.05, 0) is 36.5 Å². The molecular formula is C15H13Cl2NO3. The molecule has 2 N–H and O–H groups in total. The van der Waals surface area contributed by atoms with Crippen molar-refractivity contribution in [3.63, 3.8) is 0 Å². The fourth-order valence-corrected chi connectivity index (χ4v) is 3.89. The van der Waals surface area contributed by atoms with Crippen LogP contribution in [0.5, 0.6) is 0 Å². The number of anilines is 1. The molecule has 4 nitrogen and oxygen atoms in total. The maximum atomic E-state index is 12.4. The van der Waals surface area contributed by atoms with Crippen molar-refractivity contribution in [2.75, 3.05) is 5.32 Å². The standard InChI is InChI=1S/C15H13Cl2NO3/c16-9-4-10(17)6-11(5-9)18-14(19)12-7-1-2-8(3-7)13(12)15(20)21/h1-2,4-8,12-13H,3H2,(H,18,19)(H,20,21)/t7-,8-,12+,13+/m0/s1. The van der Waals surface area contributed by atoms with Gasteiger partial charge in [0.1, 0.15) is 0 Å². The molecule has 2 aliphatic rings. The zero-order chi connectivity index (χ0) is 15.1. The van der Waals surface area contributed by atoms with Gasteiger partial charge in [-0.3, -0.25) is 9.59 Å². The Hall–Kier alpha value is -1.52. The minimum absolute atomic E-state index is 0.00856. The number of carboxylic acids is 1. The molecule has 1 amide bonds. The molecule has 0 heterocycles. The molecular weight excluding hydrogens is 313 g/mol. The average molecular weight is 326 g/mol. The van der Waals surface area contributed by atoms with Crippen molar-refractivity contribution in [2.45, 2.75) is 6.42 Å². The number of fused-ring (bicyclic) bond motifs is 2. The van der Waals surface area contributed by atoms with Gasteiger partial charge in [0.2, 0.25) is 5.91 Å². The Labute approximate surface area is 131 Å². The number of hydrogen-bond acceptors (Lipinski definition) is 2. The van der Waals surface area contributed by atoms with E-state index in [0.29, 0.717) is 15.7 Å². The summed E-state index contributed by atoms with van der Waals surface area (Å²) in [7, 11) is 0. The van der Waals surface area contributed by atoms with Gasteiger partial charge in [0.05, 0.1) is 11.8 Å². The van der Waals surface area contributed by atoms with Crippen LogP contribution in [0.4, 0.5) is 5.69 Å². The average Bonchev–Trinajstić information content (AvgIpc) is 2.96. The molecule has 0 aliphatic heterocycles. The second-order valence-corrected chi connectivity index (χ2v) is 6.36. The highest BCUT2D eigenvalue weighted by molar-refractivity contribution is 6.35. The summed E-state index contributed by atoms with van der Waals surface area (Å²) in [6.07, 6.45) is 4.58. The van der Waals surface area contributed by atoms with Crippen molar-refractivity contribution in [2.24, 2.45) is 23.7 Å². The summed E-state index contributed by atoms with van der Waals surface area (Å²) in [6, 6.07) is 4.74. The first-order chi connectivity index (χ1) is 9.95. The van der Waals surface area contributed by atoms with Gasteiger partial charge in [-0.25, -0.2) is 0 Å². The van der Waals surface area contributed by atoms with Gasteiger partial charge in [-0.1, -0.05) is 35.4 Å². The van der Waals surface area contributed by atoms with Crippen molar-refractivity contribution in [3.05, 3.63) is 40.4 Å². The lowest BCUT2D eigenvalue weighted by molar-refractivity contribution is -0.146. The second-order valence-electron chi connectivity index (χ2n) is 5.49. The van der Waals surface area contributed by atoms with Crippen LogP contribution in [0, 0.1) is 23.7 Å². The van der Waals surface area contributed by atoms with E-state index in [0.717, 1.165) is 6.42 Å². The highest BCUT2D eigenvalue weighted by atomic mass is 35.5. The molecule has 110 valence electrons. The first-order valence-electron chi connectivity index (χ1n) is 6.64. The van der Waals surface area contributed by atoms with Crippen LogP contribution in [-0.2, 0) is 9.59 Å². The summed E-state index contributed by atoms with van der Waals surface area (Å²) in [5.41, 5.74) is 0.480. The van der Waals surface area contributed by atoms with E-state index in [1.54, 1.807) is 18.2 Å². The molecule has 21 heavy (non-hydrogen) atoms. The largest absolute Gasteiger partial charge is 0.481 e. The molecule has 0 unspecified atom stereocenters. The minimum atomic E-state index is -0.920. The van der Waals surface area contributed by atoms with Crippen LogP contribution in [0.1, 0.15) is 6.42 Å². The predicted molar refractivity (Wildman–Crippen MR) is 80.4 cm³/mol. The first kappa shape index (κ1) is 14.4. The fourth-order valence-electron chi connectivity index (χ4n) is 3.37. The van der Waals surface area contributed by atoms with E-state index in [2.05, 4.69) is 5.32 Å². The molecule has 4 atom stereocenters. The van der Waals surface area contributed by atoms with E-state index in [1.165, 1.54) is 0 Å². The molecule has 1 aromatic rings. The summed E-state index contributed by atoms with van der Waals surface area (Å²) < 4.78 is 0. The van der Waals surface area contributed by atoms with E-state index >= 15 is 0 Å². The lowest BCUT2D eigenvalue weighted by Gasteiger charge is -2.23. The number of nitrogens with one attached hydrogen (secondary N) is 1. The van der Waals surface area contributed by atoms with Crippen LogP contribution >= 0.6 is 23.2 Å². The van der Waals surface area contributed by atoms with Crippen LogP contribution in [0.3, 0.4) is 0 Å². The number of rotatable bonds is 3. The van der Waals surface area contributed by atoms with Crippen LogP contribution in [0.25, 0.3) is 0 Å². The van der Waals surface area contributed by atoms with Crippen LogP contribution < -0.4 is 5.32 Å². The first-order valence-corrected chi connectivity index (χ1v) is 7.39.